The van der Waals surface area contributed by atoms with Crippen molar-refractivity contribution >= 4 is 5.97 Å². The van der Waals surface area contributed by atoms with Gasteiger partial charge in [-0.1, -0.05) is 13.3 Å². The van der Waals surface area contributed by atoms with Crippen molar-refractivity contribution in [3.05, 3.63) is 0 Å². The lowest BCUT2D eigenvalue weighted by Crippen LogP contribution is -2.54. The molecular formula is C14H28N2O2. The molecule has 0 saturated carbocycles. The van der Waals surface area contributed by atoms with Crippen LogP contribution in [0.1, 0.15) is 46.5 Å². The summed E-state index contributed by atoms with van der Waals surface area (Å²) in [7, 11) is 1.46. The zero-order chi connectivity index (χ0) is 13.6. The number of hydrogen-bond acceptors (Lipinski definition) is 4. The lowest BCUT2D eigenvalue weighted by atomic mass is 9.92. The van der Waals surface area contributed by atoms with E-state index in [0.717, 1.165) is 26.1 Å². The summed E-state index contributed by atoms with van der Waals surface area (Å²) in [4.78, 5) is 14.4. The molecule has 1 heterocycles. The number of hydrogen-bond donors (Lipinski definition) is 1. The number of likely N-dealkylation sites (tertiary alicyclic amines) is 1. The van der Waals surface area contributed by atoms with E-state index in [4.69, 9.17) is 4.74 Å². The fourth-order valence-electron chi connectivity index (χ4n) is 2.92. The number of nitrogens with zero attached hydrogens (tertiary/aromatic N) is 1. The average molecular weight is 256 g/mol. The van der Waals surface area contributed by atoms with Gasteiger partial charge in [-0.2, -0.15) is 0 Å². The smallest absolute Gasteiger partial charge is 0.325 e. The van der Waals surface area contributed by atoms with Gasteiger partial charge in [-0.05, 0) is 52.7 Å². The van der Waals surface area contributed by atoms with E-state index >= 15 is 0 Å². The van der Waals surface area contributed by atoms with Crippen LogP contribution in [0.4, 0.5) is 0 Å². The third-order valence-electron chi connectivity index (χ3n) is 3.92. The van der Waals surface area contributed by atoms with Gasteiger partial charge in [-0.25, -0.2) is 0 Å². The van der Waals surface area contributed by atoms with Gasteiger partial charge in [0, 0.05) is 6.04 Å². The molecule has 1 N–H and O–H groups in total. The summed E-state index contributed by atoms with van der Waals surface area (Å²) in [5.41, 5.74) is -0.569. The summed E-state index contributed by atoms with van der Waals surface area (Å²) < 4.78 is 4.94. The van der Waals surface area contributed by atoms with Gasteiger partial charge >= 0.3 is 5.97 Å². The first-order valence-corrected chi connectivity index (χ1v) is 7.11. The molecule has 1 aliphatic heterocycles. The Morgan fingerprint density at radius 2 is 2.00 bits per heavy atom. The van der Waals surface area contributed by atoms with Crippen molar-refractivity contribution in [2.24, 2.45) is 0 Å². The highest BCUT2D eigenvalue weighted by molar-refractivity contribution is 5.80. The molecule has 106 valence electrons. The zero-order valence-electron chi connectivity index (χ0n) is 12.3. The number of carbonyl (C=O) groups is 1. The van der Waals surface area contributed by atoms with Crippen molar-refractivity contribution in [1.82, 2.24) is 10.2 Å². The van der Waals surface area contributed by atoms with Crippen LogP contribution in [0.3, 0.4) is 0 Å². The second kappa shape index (κ2) is 7.10. The molecule has 18 heavy (non-hydrogen) atoms. The molecule has 0 aromatic carbocycles. The van der Waals surface area contributed by atoms with E-state index in [0.29, 0.717) is 6.04 Å². The molecular weight excluding hydrogens is 228 g/mol. The molecule has 0 aromatic rings. The minimum Gasteiger partial charge on any atom is -0.468 e. The van der Waals surface area contributed by atoms with Gasteiger partial charge in [0.25, 0.3) is 0 Å². The molecule has 1 aliphatic rings. The van der Waals surface area contributed by atoms with Crippen LogP contribution in [-0.4, -0.2) is 49.2 Å². The maximum Gasteiger partial charge on any atom is 0.325 e. The van der Waals surface area contributed by atoms with E-state index in [1.807, 2.05) is 13.8 Å². The summed E-state index contributed by atoms with van der Waals surface area (Å²) in [6, 6.07) is 0.411. The standard InChI is InChI=1S/C14H28N2O2/c1-5-15-14(3,13(17)18-4)11-12(2)16-9-7-6-8-10-16/h12,15H,5-11H2,1-4H3. The highest BCUT2D eigenvalue weighted by atomic mass is 16.5. The molecule has 1 fully saturated rings. The summed E-state index contributed by atoms with van der Waals surface area (Å²) in [6.07, 6.45) is 4.69. The van der Waals surface area contributed by atoms with Crippen molar-refractivity contribution in [1.29, 1.82) is 0 Å². The van der Waals surface area contributed by atoms with Gasteiger partial charge in [0.1, 0.15) is 5.54 Å². The largest absolute Gasteiger partial charge is 0.468 e. The quantitative estimate of drug-likeness (QED) is 0.736. The number of rotatable bonds is 6. The van der Waals surface area contributed by atoms with Crippen LogP contribution < -0.4 is 5.32 Å². The molecule has 0 bridgehead atoms. The van der Waals surface area contributed by atoms with E-state index < -0.39 is 5.54 Å². The molecule has 0 radical (unpaired) electrons. The van der Waals surface area contributed by atoms with Crippen molar-refractivity contribution < 1.29 is 9.53 Å². The molecule has 4 nitrogen and oxygen atoms in total. The first kappa shape index (κ1) is 15.4. The molecule has 2 atom stereocenters. The van der Waals surface area contributed by atoms with Crippen molar-refractivity contribution in [2.45, 2.75) is 58.0 Å². The molecule has 0 aliphatic carbocycles. The molecule has 0 spiro atoms. The Morgan fingerprint density at radius 1 is 1.39 bits per heavy atom. The highest BCUT2D eigenvalue weighted by Crippen LogP contribution is 2.21. The topological polar surface area (TPSA) is 41.6 Å². The second-order valence-corrected chi connectivity index (χ2v) is 5.50. The molecule has 2 unspecified atom stereocenters. The Labute approximate surface area is 111 Å². The average Bonchev–Trinajstić information content (AvgIpc) is 2.39. The highest BCUT2D eigenvalue weighted by Gasteiger charge is 2.36. The van der Waals surface area contributed by atoms with Crippen LogP contribution in [0, 0.1) is 0 Å². The van der Waals surface area contributed by atoms with Gasteiger partial charge in [0.2, 0.25) is 0 Å². The Balaban J connectivity index is 2.61. The molecule has 0 aromatic heterocycles. The maximum absolute atomic E-state index is 11.9. The monoisotopic (exact) mass is 256 g/mol. The fourth-order valence-corrected chi connectivity index (χ4v) is 2.92. The van der Waals surface area contributed by atoms with Gasteiger partial charge in [-0.3, -0.25) is 4.79 Å². The number of nitrogens with one attached hydrogen (secondary N) is 1. The summed E-state index contributed by atoms with van der Waals surface area (Å²) in [6.45, 7) is 9.27. The van der Waals surface area contributed by atoms with Crippen molar-refractivity contribution in [3.63, 3.8) is 0 Å². The fraction of sp³-hybridized carbons (Fsp3) is 0.929. The lowest BCUT2D eigenvalue weighted by Gasteiger charge is -2.37. The Bertz CT molecular complexity index is 265. The minimum atomic E-state index is -0.569. The van der Waals surface area contributed by atoms with E-state index in [2.05, 4.69) is 17.1 Å². The van der Waals surface area contributed by atoms with E-state index in [-0.39, 0.29) is 5.97 Å². The number of methoxy groups -OCH3 is 1. The van der Waals surface area contributed by atoms with E-state index in [1.165, 1.54) is 26.4 Å². The lowest BCUT2D eigenvalue weighted by molar-refractivity contribution is -0.148. The van der Waals surface area contributed by atoms with Crippen LogP contribution in [0.15, 0.2) is 0 Å². The number of piperidine rings is 1. The normalized spacial score (nSPS) is 22.2. The van der Waals surface area contributed by atoms with E-state index in [1.54, 1.807) is 0 Å². The van der Waals surface area contributed by atoms with Crippen LogP contribution in [0.2, 0.25) is 0 Å². The Hall–Kier alpha value is -0.610. The third kappa shape index (κ3) is 3.95. The molecule has 1 saturated heterocycles. The number of esters is 1. The van der Waals surface area contributed by atoms with Crippen LogP contribution in [-0.2, 0) is 9.53 Å². The van der Waals surface area contributed by atoms with Gasteiger partial charge in [0.15, 0.2) is 0 Å². The van der Waals surface area contributed by atoms with Crippen LogP contribution in [0.5, 0.6) is 0 Å². The number of ether oxygens (including phenoxy) is 1. The predicted octanol–water partition coefficient (Wildman–Crippen LogP) is 1.79. The van der Waals surface area contributed by atoms with Crippen LogP contribution >= 0.6 is 0 Å². The van der Waals surface area contributed by atoms with Crippen molar-refractivity contribution in [3.8, 4) is 0 Å². The van der Waals surface area contributed by atoms with Crippen LogP contribution in [0.25, 0.3) is 0 Å². The minimum absolute atomic E-state index is 0.159. The van der Waals surface area contributed by atoms with Gasteiger partial charge in [-0.15, -0.1) is 0 Å². The Morgan fingerprint density at radius 3 is 2.50 bits per heavy atom. The Kier molecular flexibility index (Phi) is 6.09. The first-order chi connectivity index (χ1) is 8.53. The second-order valence-electron chi connectivity index (χ2n) is 5.50. The van der Waals surface area contributed by atoms with Gasteiger partial charge in [0.05, 0.1) is 7.11 Å². The zero-order valence-corrected chi connectivity index (χ0v) is 12.3. The number of carbonyl (C=O) groups excluding carboxylic acids is 1. The molecule has 0 amide bonds. The first-order valence-electron chi connectivity index (χ1n) is 7.11. The third-order valence-corrected chi connectivity index (χ3v) is 3.92. The van der Waals surface area contributed by atoms with Gasteiger partial charge < -0.3 is 15.0 Å². The summed E-state index contributed by atoms with van der Waals surface area (Å²) in [5.74, 6) is -0.159. The SMILES string of the molecule is CCNC(C)(CC(C)N1CCCCC1)C(=O)OC. The molecule has 1 rings (SSSR count). The molecule has 4 heteroatoms. The van der Waals surface area contributed by atoms with E-state index in [9.17, 15) is 4.79 Å². The summed E-state index contributed by atoms with van der Waals surface area (Å²) in [5, 5.41) is 3.28. The predicted molar refractivity (Wildman–Crippen MR) is 73.6 cm³/mol. The summed E-state index contributed by atoms with van der Waals surface area (Å²) >= 11 is 0. The van der Waals surface area contributed by atoms with Crippen molar-refractivity contribution in [2.75, 3.05) is 26.7 Å². The maximum atomic E-state index is 11.9. The number of likely N-dealkylation sites (N-methyl/N-ethyl adjacent to an activating group) is 1.